The second-order valence-corrected chi connectivity index (χ2v) is 8.20. The number of benzene rings is 2. The molecule has 1 aliphatic rings. The standard InChI is InChI=1S/C26H28FN3O3/c1-17-15-29(16-28-17)23-9-7-19(13-25(23)33-4)12-21-6-5-11-30(26(21)31)18(2)20-8-10-24(32-3)22(27)14-20/h7-10,12-16,18H,5-6,11H2,1-4H3/t18-/m0/s1. The average molecular weight is 450 g/mol. The van der Waals surface area contributed by atoms with Crippen LogP contribution in [-0.2, 0) is 4.79 Å². The van der Waals surface area contributed by atoms with Gasteiger partial charge in [0, 0.05) is 18.3 Å². The molecule has 1 aromatic heterocycles. The number of carbonyl (C=O) groups is 1. The molecular weight excluding hydrogens is 421 g/mol. The fourth-order valence-corrected chi connectivity index (χ4v) is 4.21. The third-order valence-electron chi connectivity index (χ3n) is 6.04. The molecule has 3 aromatic rings. The van der Waals surface area contributed by atoms with Gasteiger partial charge in [-0.2, -0.15) is 0 Å². The number of piperidine rings is 1. The van der Waals surface area contributed by atoms with Crippen LogP contribution >= 0.6 is 0 Å². The minimum Gasteiger partial charge on any atom is -0.495 e. The van der Waals surface area contributed by atoms with Crippen molar-refractivity contribution in [3.63, 3.8) is 0 Å². The first-order valence-electron chi connectivity index (χ1n) is 10.9. The smallest absolute Gasteiger partial charge is 0.250 e. The van der Waals surface area contributed by atoms with Crippen molar-refractivity contribution in [2.75, 3.05) is 20.8 Å². The predicted molar refractivity (Wildman–Crippen MR) is 125 cm³/mol. The molecule has 2 heterocycles. The van der Waals surface area contributed by atoms with Crippen molar-refractivity contribution in [2.45, 2.75) is 32.7 Å². The van der Waals surface area contributed by atoms with E-state index in [0.29, 0.717) is 18.7 Å². The van der Waals surface area contributed by atoms with Crippen LogP contribution in [0.5, 0.6) is 11.5 Å². The summed E-state index contributed by atoms with van der Waals surface area (Å²) >= 11 is 0. The molecule has 1 aliphatic heterocycles. The Kier molecular flexibility index (Phi) is 6.49. The van der Waals surface area contributed by atoms with Gasteiger partial charge in [-0.15, -0.1) is 0 Å². The van der Waals surface area contributed by atoms with E-state index in [1.54, 1.807) is 30.5 Å². The normalized spacial score (nSPS) is 16.2. The molecule has 2 aromatic carbocycles. The molecule has 172 valence electrons. The van der Waals surface area contributed by atoms with Crippen LogP contribution in [0.2, 0.25) is 0 Å². The number of likely N-dealkylation sites (tertiary alicyclic amines) is 1. The molecule has 4 rings (SSSR count). The first kappa shape index (κ1) is 22.6. The Morgan fingerprint density at radius 2 is 1.91 bits per heavy atom. The van der Waals surface area contributed by atoms with Gasteiger partial charge in [0.25, 0.3) is 0 Å². The van der Waals surface area contributed by atoms with Gasteiger partial charge >= 0.3 is 0 Å². The van der Waals surface area contributed by atoms with Gasteiger partial charge in [-0.1, -0.05) is 12.1 Å². The van der Waals surface area contributed by atoms with E-state index in [0.717, 1.165) is 34.5 Å². The van der Waals surface area contributed by atoms with E-state index in [1.807, 2.05) is 48.9 Å². The molecule has 0 N–H and O–H groups in total. The minimum atomic E-state index is -0.428. The van der Waals surface area contributed by atoms with Crippen LogP contribution in [0.4, 0.5) is 4.39 Å². The molecule has 6 nitrogen and oxygen atoms in total. The first-order valence-corrected chi connectivity index (χ1v) is 10.9. The van der Waals surface area contributed by atoms with Gasteiger partial charge in [0.05, 0.1) is 38.0 Å². The summed E-state index contributed by atoms with van der Waals surface area (Å²) in [5.41, 5.74) is 4.16. The lowest BCUT2D eigenvalue weighted by molar-refractivity contribution is -0.130. The second-order valence-electron chi connectivity index (χ2n) is 8.20. The Morgan fingerprint density at radius 1 is 1.12 bits per heavy atom. The summed E-state index contributed by atoms with van der Waals surface area (Å²) in [6, 6.07) is 10.4. The largest absolute Gasteiger partial charge is 0.495 e. The molecule has 33 heavy (non-hydrogen) atoms. The first-order chi connectivity index (χ1) is 15.9. The summed E-state index contributed by atoms with van der Waals surface area (Å²) in [5, 5.41) is 0. The van der Waals surface area contributed by atoms with Crippen molar-refractivity contribution >= 4 is 12.0 Å². The fraction of sp³-hybridized carbons (Fsp3) is 0.308. The highest BCUT2D eigenvalue weighted by atomic mass is 19.1. The predicted octanol–water partition coefficient (Wildman–Crippen LogP) is 5.10. The van der Waals surface area contributed by atoms with Gasteiger partial charge < -0.3 is 18.9 Å². The van der Waals surface area contributed by atoms with Gasteiger partial charge in [0.1, 0.15) is 5.75 Å². The summed E-state index contributed by atoms with van der Waals surface area (Å²) in [7, 11) is 3.06. The van der Waals surface area contributed by atoms with Crippen LogP contribution in [0.3, 0.4) is 0 Å². The monoisotopic (exact) mass is 449 g/mol. The molecule has 0 radical (unpaired) electrons. The zero-order valence-electron chi connectivity index (χ0n) is 19.3. The topological polar surface area (TPSA) is 56.6 Å². The molecular formula is C26H28FN3O3. The molecule has 1 amide bonds. The molecule has 0 saturated carbocycles. The number of aromatic nitrogens is 2. The third-order valence-corrected chi connectivity index (χ3v) is 6.04. The number of rotatable bonds is 6. The molecule has 1 saturated heterocycles. The van der Waals surface area contributed by atoms with Crippen molar-refractivity contribution in [1.29, 1.82) is 0 Å². The number of hydrogen-bond acceptors (Lipinski definition) is 4. The zero-order valence-corrected chi connectivity index (χ0v) is 19.3. The van der Waals surface area contributed by atoms with Crippen LogP contribution in [0.25, 0.3) is 11.8 Å². The summed E-state index contributed by atoms with van der Waals surface area (Å²) in [4.78, 5) is 19.4. The third kappa shape index (κ3) is 4.62. The molecule has 0 bridgehead atoms. The molecule has 1 atom stereocenters. The number of carbonyl (C=O) groups excluding carboxylic acids is 1. The summed E-state index contributed by atoms with van der Waals surface area (Å²) in [6.45, 7) is 4.49. The average Bonchev–Trinajstić information content (AvgIpc) is 3.25. The number of nitrogens with zero attached hydrogens (tertiary/aromatic N) is 3. The molecule has 7 heteroatoms. The van der Waals surface area contributed by atoms with Gasteiger partial charge in [0.15, 0.2) is 11.6 Å². The van der Waals surface area contributed by atoms with E-state index in [4.69, 9.17) is 9.47 Å². The summed E-state index contributed by atoms with van der Waals surface area (Å²) in [5.74, 6) is 0.435. The molecule has 0 spiro atoms. The van der Waals surface area contributed by atoms with E-state index >= 15 is 0 Å². The highest BCUT2D eigenvalue weighted by Gasteiger charge is 2.28. The number of imidazole rings is 1. The van der Waals surface area contributed by atoms with Crippen LogP contribution in [-0.4, -0.2) is 41.1 Å². The van der Waals surface area contributed by atoms with Crippen LogP contribution in [0, 0.1) is 12.7 Å². The van der Waals surface area contributed by atoms with Gasteiger partial charge in [0.2, 0.25) is 5.91 Å². The van der Waals surface area contributed by atoms with Crippen molar-refractivity contribution < 1.29 is 18.7 Å². The SMILES string of the molecule is COc1ccc([C@H](C)N2CCCC(=Cc3ccc(-n4cnc(C)c4)c(OC)c3)C2=O)cc1F. The highest BCUT2D eigenvalue weighted by Crippen LogP contribution is 2.32. The van der Waals surface area contributed by atoms with Gasteiger partial charge in [-0.25, -0.2) is 9.37 Å². The summed E-state index contributed by atoms with van der Waals surface area (Å²) in [6.07, 6.45) is 7.15. The lowest BCUT2D eigenvalue weighted by atomic mass is 9.97. The van der Waals surface area contributed by atoms with E-state index < -0.39 is 5.82 Å². The van der Waals surface area contributed by atoms with Crippen molar-refractivity contribution in [3.05, 3.63) is 77.1 Å². The van der Waals surface area contributed by atoms with E-state index in [1.165, 1.54) is 13.2 Å². The van der Waals surface area contributed by atoms with Gasteiger partial charge in [-0.3, -0.25) is 4.79 Å². The minimum absolute atomic E-state index is 0.0294. The molecule has 0 unspecified atom stereocenters. The van der Waals surface area contributed by atoms with E-state index in [9.17, 15) is 9.18 Å². The Balaban J connectivity index is 1.58. The number of aryl methyl sites for hydroxylation is 1. The quantitative estimate of drug-likeness (QED) is 0.491. The Bertz CT molecular complexity index is 1200. The lowest BCUT2D eigenvalue weighted by Gasteiger charge is -2.34. The second kappa shape index (κ2) is 9.48. The lowest BCUT2D eigenvalue weighted by Crippen LogP contribution is -2.38. The van der Waals surface area contributed by atoms with Gasteiger partial charge in [-0.05, 0) is 68.2 Å². The van der Waals surface area contributed by atoms with E-state index in [-0.39, 0.29) is 17.7 Å². The maximum atomic E-state index is 14.2. The van der Waals surface area contributed by atoms with Crippen LogP contribution in [0.1, 0.15) is 42.6 Å². The Hall–Kier alpha value is -3.61. The Morgan fingerprint density at radius 3 is 2.58 bits per heavy atom. The fourth-order valence-electron chi connectivity index (χ4n) is 4.21. The van der Waals surface area contributed by atoms with Crippen molar-refractivity contribution in [3.8, 4) is 17.2 Å². The Labute approximate surface area is 193 Å². The summed E-state index contributed by atoms with van der Waals surface area (Å²) < 4.78 is 26.7. The number of methoxy groups -OCH3 is 2. The maximum Gasteiger partial charge on any atom is 0.250 e. The zero-order chi connectivity index (χ0) is 23.5. The van der Waals surface area contributed by atoms with Crippen LogP contribution < -0.4 is 9.47 Å². The molecule has 0 aliphatic carbocycles. The molecule has 1 fully saturated rings. The number of ether oxygens (including phenoxy) is 2. The number of amides is 1. The maximum absolute atomic E-state index is 14.2. The number of hydrogen-bond donors (Lipinski definition) is 0. The highest BCUT2D eigenvalue weighted by molar-refractivity contribution is 5.98. The van der Waals surface area contributed by atoms with Crippen molar-refractivity contribution in [1.82, 2.24) is 14.5 Å². The van der Waals surface area contributed by atoms with Crippen molar-refractivity contribution in [2.24, 2.45) is 0 Å². The van der Waals surface area contributed by atoms with Crippen LogP contribution in [0.15, 0.2) is 54.5 Å². The van der Waals surface area contributed by atoms with E-state index in [2.05, 4.69) is 4.98 Å². The number of halogens is 1.